The van der Waals surface area contributed by atoms with Crippen LogP contribution in [0.3, 0.4) is 0 Å². The molecular weight excluding hydrogens is 416 g/mol. The number of rotatable bonds is 6. The number of nitrogens with two attached hydrogens (primary N) is 1. The molecule has 0 bridgehead atoms. The molecule has 1 heterocycles. The van der Waals surface area contributed by atoms with E-state index in [1.165, 1.54) is 0 Å². The molecule has 3 aromatic rings. The van der Waals surface area contributed by atoms with Crippen LogP contribution < -0.4 is 19.9 Å². The van der Waals surface area contributed by atoms with Gasteiger partial charge in [-0.25, -0.2) is 4.79 Å². The van der Waals surface area contributed by atoms with Crippen LogP contribution in [0, 0.1) is 18.3 Å². The molecule has 0 amide bonds. The molecule has 4 rings (SSSR count). The minimum Gasteiger partial charge on any atom is -0.493 e. The van der Waals surface area contributed by atoms with Gasteiger partial charge in [-0.15, -0.1) is 0 Å². The zero-order valence-corrected chi connectivity index (χ0v) is 18.5. The quantitative estimate of drug-likeness (QED) is 0.417. The van der Waals surface area contributed by atoms with Crippen LogP contribution in [0.5, 0.6) is 17.2 Å². The highest BCUT2D eigenvalue weighted by atomic mass is 16.5. The van der Waals surface area contributed by atoms with E-state index in [1.54, 1.807) is 36.4 Å². The first-order valence-electron chi connectivity index (χ1n) is 10.7. The van der Waals surface area contributed by atoms with Crippen molar-refractivity contribution in [3.8, 4) is 23.3 Å². The Kier molecular flexibility index (Phi) is 6.32. The lowest BCUT2D eigenvalue weighted by Gasteiger charge is -2.26. The Balaban J connectivity index is 1.65. The smallest absolute Gasteiger partial charge is 0.347 e. The van der Waals surface area contributed by atoms with Gasteiger partial charge in [0.1, 0.15) is 34.5 Å². The Labute approximate surface area is 192 Å². The fourth-order valence-electron chi connectivity index (χ4n) is 3.74. The molecular formula is C27H24N2O4. The number of carbonyl (C=O) groups is 1. The van der Waals surface area contributed by atoms with Gasteiger partial charge in [-0.3, -0.25) is 0 Å². The van der Waals surface area contributed by atoms with E-state index in [9.17, 15) is 10.1 Å². The monoisotopic (exact) mass is 440 g/mol. The molecule has 1 aliphatic rings. The van der Waals surface area contributed by atoms with Crippen molar-refractivity contribution in [2.24, 2.45) is 5.73 Å². The fraction of sp³-hybridized carbons (Fsp3) is 0.185. The van der Waals surface area contributed by atoms with Crippen molar-refractivity contribution in [1.82, 2.24) is 0 Å². The number of hydrogen-bond donors (Lipinski definition) is 1. The predicted octanol–water partition coefficient (Wildman–Crippen LogP) is 5.22. The Morgan fingerprint density at radius 3 is 2.61 bits per heavy atom. The minimum absolute atomic E-state index is 0.0392. The third-order valence-corrected chi connectivity index (χ3v) is 5.38. The van der Waals surface area contributed by atoms with Gasteiger partial charge < -0.3 is 19.9 Å². The number of carbonyl (C=O) groups excluding carboxylic acids is 1. The maximum Gasteiger partial charge on any atom is 0.347 e. The first-order valence-corrected chi connectivity index (χ1v) is 10.7. The van der Waals surface area contributed by atoms with Crippen molar-refractivity contribution < 1.29 is 19.0 Å². The molecule has 0 saturated heterocycles. The van der Waals surface area contributed by atoms with E-state index in [-0.39, 0.29) is 11.8 Å². The van der Waals surface area contributed by atoms with E-state index >= 15 is 0 Å². The number of nitrogens with zero attached hydrogens (tertiary/aromatic N) is 1. The van der Waals surface area contributed by atoms with Crippen molar-refractivity contribution in [3.63, 3.8) is 0 Å². The van der Waals surface area contributed by atoms with Gasteiger partial charge in [0.25, 0.3) is 0 Å². The molecule has 1 atom stereocenters. The van der Waals surface area contributed by atoms with Crippen LogP contribution in [0.15, 0.2) is 78.2 Å². The second kappa shape index (κ2) is 9.49. The van der Waals surface area contributed by atoms with E-state index in [0.29, 0.717) is 35.0 Å². The van der Waals surface area contributed by atoms with E-state index in [1.807, 2.05) is 44.2 Å². The summed E-state index contributed by atoms with van der Waals surface area (Å²) in [6.45, 7) is 4.50. The lowest BCUT2D eigenvalue weighted by molar-refractivity contribution is 0.0730. The molecule has 0 aromatic heterocycles. The van der Waals surface area contributed by atoms with E-state index < -0.39 is 5.97 Å². The van der Waals surface area contributed by atoms with E-state index in [4.69, 9.17) is 19.9 Å². The highest BCUT2D eigenvalue weighted by molar-refractivity contribution is 5.94. The Morgan fingerprint density at radius 2 is 1.88 bits per heavy atom. The highest BCUT2D eigenvalue weighted by Gasteiger charge is 2.31. The van der Waals surface area contributed by atoms with Gasteiger partial charge in [-0.05, 0) is 37.1 Å². The zero-order valence-electron chi connectivity index (χ0n) is 18.5. The van der Waals surface area contributed by atoms with Crippen molar-refractivity contribution >= 4 is 5.97 Å². The summed E-state index contributed by atoms with van der Waals surface area (Å²) in [5, 5.41) is 9.71. The fourth-order valence-corrected chi connectivity index (χ4v) is 3.74. The molecule has 1 unspecified atom stereocenters. The van der Waals surface area contributed by atoms with Crippen molar-refractivity contribution in [2.45, 2.75) is 26.2 Å². The maximum atomic E-state index is 12.8. The van der Waals surface area contributed by atoms with Gasteiger partial charge >= 0.3 is 5.97 Å². The normalized spacial score (nSPS) is 14.6. The lowest BCUT2D eigenvalue weighted by atomic mass is 9.83. The third kappa shape index (κ3) is 4.53. The molecule has 0 spiro atoms. The Bertz CT molecular complexity index is 1260. The summed E-state index contributed by atoms with van der Waals surface area (Å²) in [7, 11) is 0. The second-order valence-corrected chi connectivity index (χ2v) is 7.77. The summed E-state index contributed by atoms with van der Waals surface area (Å²) in [5.74, 6) is 0.361. The Hall–Kier alpha value is -4.24. The van der Waals surface area contributed by atoms with Gasteiger partial charge in [0.05, 0.1) is 12.5 Å². The molecule has 6 heteroatoms. The summed E-state index contributed by atoms with van der Waals surface area (Å²) in [5.41, 5.74) is 9.59. The molecule has 0 aliphatic carbocycles. The minimum atomic E-state index is -0.534. The third-order valence-electron chi connectivity index (χ3n) is 5.38. The number of para-hydroxylation sites is 1. The standard InChI is InChI=1S/C27H24N2O4/c1-3-14-31-23-7-5-4-6-21(23)27(30)32-19-12-13-20-24(15-19)33-26(29)22(16-28)25(20)18-10-8-17(2)9-11-18/h4-13,15,25H,3,14,29H2,1-2H3. The van der Waals surface area contributed by atoms with Crippen molar-refractivity contribution in [1.29, 1.82) is 5.26 Å². The van der Waals surface area contributed by atoms with Crippen molar-refractivity contribution in [3.05, 3.63) is 100 Å². The highest BCUT2D eigenvalue weighted by Crippen LogP contribution is 2.43. The molecule has 2 N–H and O–H groups in total. The van der Waals surface area contributed by atoms with Crippen LogP contribution in [0.25, 0.3) is 0 Å². The molecule has 3 aromatic carbocycles. The number of aryl methyl sites for hydroxylation is 1. The number of ether oxygens (including phenoxy) is 3. The van der Waals surface area contributed by atoms with Crippen LogP contribution in [-0.2, 0) is 0 Å². The van der Waals surface area contributed by atoms with Gasteiger partial charge in [-0.2, -0.15) is 5.26 Å². The average molecular weight is 440 g/mol. The summed E-state index contributed by atoms with van der Waals surface area (Å²) in [6.07, 6.45) is 0.827. The van der Waals surface area contributed by atoms with Gasteiger partial charge in [0.2, 0.25) is 5.88 Å². The van der Waals surface area contributed by atoms with Crippen LogP contribution in [-0.4, -0.2) is 12.6 Å². The summed E-state index contributed by atoms with van der Waals surface area (Å²) in [4.78, 5) is 12.8. The van der Waals surface area contributed by atoms with E-state index in [2.05, 4.69) is 6.07 Å². The maximum absolute atomic E-state index is 12.8. The second-order valence-electron chi connectivity index (χ2n) is 7.77. The van der Waals surface area contributed by atoms with Gasteiger partial charge in [0.15, 0.2) is 0 Å². The van der Waals surface area contributed by atoms with Crippen LogP contribution in [0.4, 0.5) is 0 Å². The largest absolute Gasteiger partial charge is 0.493 e. The molecule has 166 valence electrons. The van der Waals surface area contributed by atoms with Crippen LogP contribution in [0.1, 0.15) is 46.3 Å². The number of benzene rings is 3. The number of hydrogen-bond acceptors (Lipinski definition) is 6. The number of esters is 1. The predicted molar refractivity (Wildman–Crippen MR) is 124 cm³/mol. The van der Waals surface area contributed by atoms with Crippen LogP contribution >= 0.6 is 0 Å². The molecule has 0 fully saturated rings. The zero-order chi connectivity index (χ0) is 23.4. The number of fused-ring (bicyclic) bond motifs is 1. The Morgan fingerprint density at radius 1 is 1.12 bits per heavy atom. The van der Waals surface area contributed by atoms with Crippen molar-refractivity contribution in [2.75, 3.05) is 6.61 Å². The number of nitriles is 1. The summed E-state index contributed by atoms with van der Waals surface area (Å²) in [6, 6.07) is 22.2. The van der Waals surface area contributed by atoms with Gasteiger partial charge in [-0.1, -0.05) is 55.0 Å². The lowest BCUT2D eigenvalue weighted by Crippen LogP contribution is -2.21. The summed E-state index contributed by atoms with van der Waals surface area (Å²) >= 11 is 0. The first-order chi connectivity index (χ1) is 16.0. The summed E-state index contributed by atoms with van der Waals surface area (Å²) < 4.78 is 17.0. The average Bonchev–Trinajstić information content (AvgIpc) is 2.82. The van der Waals surface area contributed by atoms with Gasteiger partial charge in [0, 0.05) is 11.6 Å². The molecule has 6 nitrogen and oxygen atoms in total. The van der Waals surface area contributed by atoms with E-state index in [0.717, 1.165) is 23.1 Å². The topological polar surface area (TPSA) is 94.6 Å². The molecule has 33 heavy (non-hydrogen) atoms. The molecule has 1 aliphatic heterocycles. The van der Waals surface area contributed by atoms with Crippen LogP contribution in [0.2, 0.25) is 0 Å². The SMILES string of the molecule is CCCOc1ccccc1C(=O)Oc1ccc2c(c1)OC(N)=C(C#N)C2c1ccc(C)cc1. The molecule has 0 radical (unpaired) electrons. The number of allylic oxidation sites excluding steroid dienone is 1. The molecule has 0 saturated carbocycles. The first kappa shape index (κ1) is 22.0.